The molecule has 2 atom stereocenters. The van der Waals surface area contributed by atoms with Crippen LogP contribution >= 0.6 is 11.8 Å². The van der Waals surface area contributed by atoms with Gasteiger partial charge in [0.1, 0.15) is 6.61 Å². The first kappa shape index (κ1) is 31.5. The first-order valence-electron chi connectivity index (χ1n) is 12.2. The summed E-state index contributed by atoms with van der Waals surface area (Å²) in [5.74, 6) is -0.875. The van der Waals surface area contributed by atoms with E-state index in [1.54, 1.807) is 13.8 Å². The molecule has 0 bridgehead atoms. The molecular weight excluding hydrogens is 540 g/mol. The van der Waals surface area contributed by atoms with Crippen molar-refractivity contribution in [3.63, 3.8) is 0 Å². The first-order chi connectivity index (χ1) is 18.0. The van der Waals surface area contributed by atoms with E-state index < -0.39 is 32.7 Å². The van der Waals surface area contributed by atoms with E-state index in [0.29, 0.717) is 12.2 Å². The highest BCUT2D eigenvalue weighted by Crippen LogP contribution is 2.36. The Hall–Kier alpha value is -2.68. The van der Waals surface area contributed by atoms with E-state index in [1.165, 1.54) is 40.9 Å². The molecule has 0 saturated carbocycles. The monoisotopic (exact) mass is 574 g/mol. The topological polar surface area (TPSA) is 152 Å². The summed E-state index contributed by atoms with van der Waals surface area (Å²) >= 11 is 1.48. The zero-order chi connectivity index (χ0) is 28.3. The lowest BCUT2D eigenvalue weighted by atomic mass is 10.1. The van der Waals surface area contributed by atoms with E-state index in [1.807, 2.05) is 6.92 Å². The molecule has 0 aliphatic carbocycles. The normalized spacial score (nSPS) is 16.9. The molecule has 0 N–H and O–H groups in total. The van der Waals surface area contributed by atoms with Gasteiger partial charge in [-0.15, -0.1) is 11.8 Å². The number of carbonyl (C=O) groups excluding carboxylic acids is 2. The summed E-state index contributed by atoms with van der Waals surface area (Å²) < 4.78 is 45.7. The second-order valence-corrected chi connectivity index (χ2v) is 11.2. The van der Waals surface area contributed by atoms with E-state index in [9.17, 15) is 28.1 Å². The standard InChI is InChI=1S/C24H34N2O10S2/c1-5-7-14-37-22-15-21(27)25(22)23(20(36-38(4,31)32)12-13-34-17(3)33-6-2)24(28)35-16-18-8-10-19(11-9-18)26(29)30/h8-11,17,22H,5-7,12-16H2,1-4H3/b23-20+. The number of carbonyl (C=O) groups is 2. The number of nitro benzene ring substituents is 1. The van der Waals surface area contributed by atoms with Gasteiger partial charge in [-0.3, -0.25) is 19.8 Å². The number of benzene rings is 1. The molecule has 212 valence electrons. The Labute approximate surface area is 226 Å². The SMILES string of the molecule is CCCCSC1CC(=O)N1/C(C(=O)OCc1ccc([N+](=O)[O-])cc1)=C(\CCOC(C)OCC)OS(C)(=O)=O. The Morgan fingerprint density at radius 2 is 1.92 bits per heavy atom. The van der Waals surface area contributed by atoms with Crippen LogP contribution in [0.15, 0.2) is 35.7 Å². The number of ether oxygens (including phenoxy) is 3. The highest BCUT2D eigenvalue weighted by molar-refractivity contribution is 8.00. The van der Waals surface area contributed by atoms with Crippen LogP contribution in [0.3, 0.4) is 0 Å². The van der Waals surface area contributed by atoms with Gasteiger partial charge in [0.05, 0.1) is 29.6 Å². The molecule has 1 saturated heterocycles. The number of hydrogen-bond donors (Lipinski definition) is 0. The first-order valence-corrected chi connectivity index (χ1v) is 15.0. The van der Waals surface area contributed by atoms with E-state index in [0.717, 1.165) is 24.9 Å². The smallest absolute Gasteiger partial charge is 0.359 e. The van der Waals surface area contributed by atoms with E-state index in [2.05, 4.69) is 0 Å². The molecule has 1 aliphatic rings. The fourth-order valence-electron chi connectivity index (χ4n) is 3.41. The van der Waals surface area contributed by atoms with Crippen LogP contribution in [0.4, 0.5) is 5.69 Å². The van der Waals surface area contributed by atoms with E-state index in [4.69, 9.17) is 18.4 Å². The number of rotatable bonds is 17. The average Bonchev–Trinajstić information content (AvgIpc) is 2.84. The predicted molar refractivity (Wildman–Crippen MR) is 140 cm³/mol. The van der Waals surface area contributed by atoms with Crippen molar-refractivity contribution in [1.82, 2.24) is 4.90 Å². The quantitative estimate of drug-likeness (QED) is 0.0308. The van der Waals surface area contributed by atoms with Crippen LogP contribution in [-0.2, 0) is 44.7 Å². The van der Waals surface area contributed by atoms with Crippen LogP contribution < -0.4 is 0 Å². The zero-order valence-corrected chi connectivity index (χ0v) is 23.5. The third-order valence-corrected chi connectivity index (χ3v) is 7.06. The molecule has 12 nitrogen and oxygen atoms in total. The largest absolute Gasteiger partial charge is 0.456 e. The number of non-ortho nitro benzene ring substituents is 1. The minimum atomic E-state index is -4.08. The van der Waals surface area contributed by atoms with Gasteiger partial charge < -0.3 is 18.4 Å². The van der Waals surface area contributed by atoms with Crippen LogP contribution in [0.5, 0.6) is 0 Å². The number of nitrogens with zero attached hydrogens (tertiary/aromatic N) is 2. The van der Waals surface area contributed by atoms with Crippen LogP contribution in [0.2, 0.25) is 0 Å². The minimum Gasteiger partial charge on any atom is -0.456 e. The highest BCUT2D eigenvalue weighted by Gasteiger charge is 2.44. The number of amides is 1. The Morgan fingerprint density at radius 1 is 1.24 bits per heavy atom. The van der Waals surface area contributed by atoms with Gasteiger partial charge in [-0.1, -0.05) is 13.3 Å². The zero-order valence-electron chi connectivity index (χ0n) is 21.9. The van der Waals surface area contributed by atoms with Gasteiger partial charge in [-0.05, 0) is 43.7 Å². The molecule has 2 unspecified atom stereocenters. The van der Waals surface area contributed by atoms with Crippen LogP contribution in [0.25, 0.3) is 0 Å². The summed E-state index contributed by atoms with van der Waals surface area (Å²) in [6, 6.07) is 5.41. The summed E-state index contributed by atoms with van der Waals surface area (Å²) in [5.41, 5.74) is 0.0331. The molecule has 38 heavy (non-hydrogen) atoms. The van der Waals surface area contributed by atoms with Crippen LogP contribution in [-0.4, -0.2) is 67.0 Å². The van der Waals surface area contributed by atoms with Crippen LogP contribution in [0.1, 0.15) is 52.0 Å². The second kappa shape index (κ2) is 15.0. The Kier molecular flexibility index (Phi) is 12.5. The van der Waals surface area contributed by atoms with Gasteiger partial charge >= 0.3 is 16.1 Å². The molecule has 0 aromatic heterocycles. The van der Waals surface area contributed by atoms with Crippen molar-refractivity contribution in [3.8, 4) is 0 Å². The lowest BCUT2D eigenvalue weighted by molar-refractivity contribution is -0.384. The van der Waals surface area contributed by atoms with Gasteiger partial charge in [0.15, 0.2) is 17.7 Å². The maximum Gasteiger partial charge on any atom is 0.359 e. The molecule has 2 rings (SSSR count). The van der Waals surface area contributed by atoms with Crippen molar-refractivity contribution < 1.29 is 41.3 Å². The van der Waals surface area contributed by atoms with Crippen molar-refractivity contribution in [2.75, 3.05) is 25.2 Å². The molecule has 1 aliphatic heterocycles. The van der Waals surface area contributed by atoms with Crippen molar-refractivity contribution in [3.05, 3.63) is 51.4 Å². The predicted octanol–water partition coefficient (Wildman–Crippen LogP) is 3.71. The Morgan fingerprint density at radius 3 is 2.47 bits per heavy atom. The van der Waals surface area contributed by atoms with E-state index in [-0.39, 0.29) is 49.1 Å². The van der Waals surface area contributed by atoms with Crippen molar-refractivity contribution in [1.29, 1.82) is 0 Å². The lowest BCUT2D eigenvalue weighted by Crippen LogP contribution is -2.52. The number of thioether (sulfide) groups is 1. The van der Waals surface area contributed by atoms with E-state index >= 15 is 0 Å². The molecule has 1 aromatic rings. The fourth-order valence-corrected chi connectivity index (χ4v) is 5.30. The van der Waals surface area contributed by atoms with Crippen molar-refractivity contribution >= 4 is 39.4 Å². The van der Waals surface area contributed by atoms with Gasteiger partial charge in [0.2, 0.25) is 5.91 Å². The number of likely N-dealkylation sites (tertiary alicyclic amines) is 1. The van der Waals surface area contributed by atoms with Crippen LogP contribution in [0, 0.1) is 10.1 Å². The van der Waals surface area contributed by atoms with Crippen molar-refractivity contribution in [2.24, 2.45) is 0 Å². The van der Waals surface area contributed by atoms with Crippen molar-refractivity contribution in [2.45, 2.75) is 64.7 Å². The number of β-lactam (4-membered cyclic amide) rings is 1. The summed E-state index contributed by atoms with van der Waals surface area (Å²) in [6.45, 7) is 5.59. The third kappa shape index (κ3) is 9.89. The van der Waals surface area contributed by atoms with Gasteiger partial charge in [0.25, 0.3) is 5.69 Å². The third-order valence-electron chi connectivity index (χ3n) is 5.26. The maximum atomic E-state index is 13.3. The molecule has 1 heterocycles. The average molecular weight is 575 g/mol. The minimum absolute atomic E-state index is 0.0547. The lowest BCUT2D eigenvalue weighted by Gasteiger charge is -2.40. The summed E-state index contributed by atoms with van der Waals surface area (Å²) in [4.78, 5) is 37.6. The second-order valence-electron chi connectivity index (χ2n) is 8.35. The number of hydrogen-bond acceptors (Lipinski definition) is 11. The Balaban J connectivity index is 2.36. The van der Waals surface area contributed by atoms with Gasteiger partial charge in [-0.2, -0.15) is 8.42 Å². The summed E-state index contributed by atoms with van der Waals surface area (Å²) in [6.07, 6.45) is 2.14. The fraction of sp³-hybridized carbons (Fsp3) is 0.583. The molecule has 1 aromatic carbocycles. The Bertz CT molecular complexity index is 1110. The summed E-state index contributed by atoms with van der Waals surface area (Å²) in [5, 5.41) is 10.5. The maximum absolute atomic E-state index is 13.3. The molecule has 14 heteroatoms. The molecule has 0 radical (unpaired) electrons. The number of unbranched alkanes of at least 4 members (excludes halogenated alkanes) is 1. The molecule has 0 spiro atoms. The highest BCUT2D eigenvalue weighted by atomic mass is 32.2. The summed E-state index contributed by atoms with van der Waals surface area (Å²) in [7, 11) is -4.08. The number of nitro groups is 1. The molecule has 1 amide bonds. The molecule has 1 fully saturated rings. The van der Waals surface area contributed by atoms with Gasteiger partial charge in [-0.25, -0.2) is 4.79 Å². The number of esters is 1. The van der Waals surface area contributed by atoms with Gasteiger partial charge in [0, 0.05) is 25.2 Å². The molecular formula is C24H34N2O10S2.